The van der Waals surface area contributed by atoms with Gasteiger partial charge in [-0.2, -0.15) is 11.8 Å². The van der Waals surface area contributed by atoms with Crippen LogP contribution in [0.2, 0.25) is 0 Å². The summed E-state index contributed by atoms with van der Waals surface area (Å²) in [5, 5.41) is 3.31. The number of rotatable bonds is 7. The minimum atomic E-state index is -3.55. The van der Waals surface area contributed by atoms with Gasteiger partial charge >= 0.3 is 0 Å². The molecule has 120 valence electrons. The molecule has 1 heterocycles. The van der Waals surface area contributed by atoms with Crippen LogP contribution < -0.4 is 10.0 Å². The van der Waals surface area contributed by atoms with Gasteiger partial charge in [-0.3, -0.25) is 0 Å². The first-order valence-electron chi connectivity index (χ1n) is 7.04. The summed E-state index contributed by atoms with van der Waals surface area (Å²) in [6.07, 6.45) is 3.04. The number of sulfonamides is 1. The van der Waals surface area contributed by atoms with E-state index in [-0.39, 0.29) is 15.6 Å². The van der Waals surface area contributed by atoms with E-state index in [1.54, 1.807) is 13.1 Å². The summed E-state index contributed by atoms with van der Waals surface area (Å²) in [6, 6.07) is 1.58. The van der Waals surface area contributed by atoms with E-state index in [1.807, 2.05) is 11.8 Å². The Bertz CT molecular complexity index is 574. The van der Waals surface area contributed by atoms with Gasteiger partial charge in [-0.15, -0.1) is 0 Å². The van der Waals surface area contributed by atoms with Gasteiger partial charge in [0.1, 0.15) is 10.7 Å². The topological polar surface area (TPSA) is 71.3 Å². The molecule has 21 heavy (non-hydrogen) atoms. The Kier molecular flexibility index (Phi) is 6.19. The number of hydrogen-bond acceptors (Lipinski definition) is 5. The summed E-state index contributed by atoms with van der Waals surface area (Å²) in [4.78, 5) is 0.180. The lowest BCUT2D eigenvalue weighted by molar-refractivity contribution is 0.469. The highest BCUT2D eigenvalue weighted by molar-refractivity contribution is 9.10. The molecule has 8 heteroatoms. The fourth-order valence-electron chi connectivity index (χ4n) is 2.58. The van der Waals surface area contributed by atoms with Gasteiger partial charge in [0.15, 0.2) is 4.67 Å². The maximum atomic E-state index is 12.5. The minimum Gasteiger partial charge on any atom is -0.452 e. The molecule has 1 aliphatic rings. The van der Waals surface area contributed by atoms with E-state index in [9.17, 15) is 8.42 Å². The molecule has 2 unspecified atom stereocenters. The predicted molar refractivity (Wildman–Crippen MR) is 89.1 cm³/mol. The van der Waals surface area contributed by atoms with Crippen LogP contribution in [0.15, 0.2) is 20.0 Å². The smallest absolute Gasteiger partial charge is 0.245 e. The zero-order valence-corrected chi connectivity index (χ0v) is 15.4. The van der Waals surface area contributed by atoms with Gasteiger partial charge < -0.3 is 9.73 Å². The van der Waals surface area contributed by atoms with Crippen molar-refractivity contribution in [3.8, 4) is 0 Å². The fraction of sp³-hybridized carbons (Fsp3) is 0.692. The van der Waals surface area contributed by atoms with Crippen LogP contribution in [0, 0.1) is 0 Å². The van der Waals surface area contributed by atoms with Crippen molar-refractivity contribution in [3.63, 3.8) is 0 Å². The van der Waals surface area contributed by atoms with Crippen molar-refractivity contribution < 1.29 is 12.8 Å². The van der Waals surface area contributed by atoms with E-state index >= 15 is 0 Å². The Morgan fingerprint density at radius 2 is 2.24 bits per heavy atom. The van der Waals surface area contributed by atoms with Crippen LogP contribution in [0.5, 0.6) is 0 Å². The maximum Gasteiger partial charge on any atom is 0.245 e. The molecule has 0 saturated heterocycles. The lowest BCUT2D eigenvalue weighted by atomic mass is 10.3. The minimum absolute atomic E-state index is 0.00880. The van der Waals surface area contributed by atoms with Crippen molar-refractivity contribution in [2.45, 2.75) is 48.9 Å². The molecular weight excluding hydrogens is 376 g/mol. The first-order chi connectivity index (χ1) is 9.97. The van der Waals surface area contributed by atoms with Crippen LogP contribution in [-0.2, 0) is 16.6 Å². The summed E-state index contributed by atoms with van der Waals surface area (Å²) in [7, 11) is -1.77. The van der Waals surface area contributed by atoms with Crippen molar-refractivity contribution in [1.29, 1.82) is 0 Å². The third-order valence-corrected chi connectivity index (χ3v) is 7.16. The molecule has 2 atom stereocenters. The molecule has 1 aromatic heterocycles. The van der Waals surface area contributed by atoms with Gasteiger partial charge in [-0.05, 0) is 41.6 Å². The molecule has 2 N–H and O–H groups in total. The SMILES string of the molecule is CCSC1CCCC1NS(=O)(=O)c1cc(CNC)oc1Br. The second-order valence-electron chi connectivity index (χ2n) is 5.03. The van der Waals surface area contributed by atoms with E-state index < -0.39 is 10.0 Å². The molecule has 1 fully saturated rings. The third kappa shape index (κ3) is 4.25. The molecule has 0 bridgehead atoms. The molecule has 1 saturated carbocycles. The molecule has 5 nitrogen and oxygen atoms in total. The van der Waals surface area contributed by atoms with Gasteiger partial charge in [0.25, 0.3) is 0 Å². The second kappa shape index (κ2) is 7.50. The zero-order valence-electron chi connectivity index (χ0n) is 12.2. The van der Waals surface area contributed by atoms with Gasteiger partial charge in [0.05, 0.1) is 6.54 Å². The van der Waals surface area contributed by atoms with Crippen molar-refractivity contribution in [2.24, 2.45) is 0 Å². The van der Waals surface area contributed by atoms with Crippen molar-refractivity contribution in [3.05, 3.63) is 16.5 Å². The van der Waals surface area contributed by atoms with Crippen LogP contribution in [0.25, 0.3) is 0 Å². The normalized spacial score (nSPS) is 22.8. The largest absolute Gasteiger partial charge is 0.452 e. The number of nitrogens with one attached hydrogen (secondary N) is 2. The summed E-state index contributed by atoms with van der Waals surface area (Å²) >= 11 is 5.03. The second-order valence-corrected chi connectivity index (χ2v) is 8.95. The standard InChI is InChI=1S/C13H21BrN2O3S2/c1-3-20-11-6-4-5-10(11)16-21(17,18)12-7-9(8-15-2)19-13(12)14/h7,10-11,15-16H,3-6,8H2,1-2H3. The molecule has 1 aliphatic carbocycles. The van der Waals surface area contributed by atoms with Crippen molar-refractivity contribution in [1.82, 2.24) is 10.0 Å². The average molecular weight is 397 g/mol. The molecular formula is C13H21BrN2O3S2. The van der Waals surface area contributed by atoms with E-state index in [2.05, 4.69) is 32.9 Å². The van der Waals surface area contributed by atoms with Crippen LogP contribution in [-0.4, -0.2) is 32.5 Å². The predicted octanol–water partition coefficient (Wildman–Crippen LogP) is 2.71. The summed E-state index contributed by atoms with van der Waals surface area (Å²) in [6.45, 7) is 2.59. The number of hydrogen-bond donors (Lipinski definition) is 2. The average Bonchev–Trinajstić information content (AvgIpc) is 2.98. The zero-order chi connectivity index (χ0) is 15.5. The van der Waals surface area contributed by atoms with E-state index in [0.29, 0.717) is 17.6 Å². The Morgan fingerprint density at radius 3 is 2.90 bits per heavy atom. The monoisotopic (exact) mass is 396 g/mol. The van der Waals surface area contributed by atoms with Gasteiger partial charge in [-0.25, -0.2) is 13.1 Å². The molecule has 1 aromatic rings. The molecule has 0 aromatic carbocycles. The third-order valence-electron chi connectivity index (χ3n) is 3.49. The van der Waals surface area contributed by atoms with Crippen molar-refractivity contribution in [2.75, 3.05) is 12.8 Å². The van der Waals surface area contributed by atoms with Crippen LogP contribution in [0.4, 0.5) is 0 Å². The highest BCUT2D eigenvalue weighted by Gasteiger charge is 2.33. The number of halogens is 1. The number of thioether (sulfide) groups is 1. The molecule has 0 radical (unpaired) electrons. The van der Waals surface area contributed by atoms with E-state index in [0.717, 1.165) is 25.0 Å². The van der Waals surface area contributed by atoms with Gasteiger partial charge in [0, 0.05) is 17.4 Å². The molecule has 0 amide bonds. The maximum absolute atomic E-state index is 12.5. The highest BCUT2D eigenvalue weighted by Crippen LogP contribution is 2.32. The van der Waals surface area contributed by atoms with Gasteiger partial charge in [-0.1, -0.05) is 13.3 Å². The van der Waals surface area contributed by atoms with E-state index in [1.165, 1.54) is 0 Å². The molecule has 0 spiro atoms. The Labute approximate surface area is 138 Å². The highest BCUT2D eigenvalue weighted by atomic mass is 79.9. The lowest BCUT2D eigenvalue weighted by Gasteiger charge is -2.19. The Morgan fingerprint density at radius 1 is 1.48 bits per heavy atom. The summed E-state index contributed by atoms with van der Waals surface area (Å²) in [5.41, 5.74) is 0. The quantitative estimate of drug-likeness (QED) is 0.740. The number of furan rings is 1. The lowest BCUT2D eigenvalue weighted by Crippen LogP contribution is -2.38. The van der Waals surface area contributed by atoms with Crippen molar-refractivity contribution >= 4 is 37.7 Å². The molecule has 2 rings (SSSR count). The van der Waals surface area contributed by atoms with Crippen LogP contribution in [0.1, 0.15) is 31.9 Å². The Hall–Kier alpha value is -0.0200. The van der Waals surface area contributed by atoms with E-state index in [4.69, 9.17) is 4.42 Å². The first-order valence-corrected chi connectivity index (χ1v) is 10.4. The van der Waals surface area contributed by atoms with Crippen LogP contribution in [0.3, 0.4) is 0 Å². The van der Waals surface area contributed by atoms with Gasteiger partial charge in [0.2, 0.25) is 10.0 Å². The fourth-order valence-corrected chi connectivity index (χ4v) is 6.17. The molecule has 0 aliphatic heterocycles. The first kappa shape index (κ1) is 17.3. The Balaban J connectivity index is 2.14. The summed E-state index contributed by atoms with van der Waals surface area (Å²) < 4.78 is 33.6. The summed E-state index contributed by atoms with van der Waals surface area (Å²) in [5.74, 6) is 1.60. The van der Waals surface area contributed by atoms with Crippen LogP contribution >= 0.6 is 27.7 Å².